The van der Waals surface area contributed by atoms with E-state index < -0.39 is 0 Å². The third-order valence-electron chi connectivity index (χ3n) is 3.72. The van der Waals surface area contributed by atoms with E-state index >= 15 is 0 Å². The smallest absolute Gasteiger partial charge is 0.261 e. The van der Waals surface area contributed by atoms with Crippen LogP contribution < -0.4 is 10.9 Å². The number of nitrogens with zero attached hydrogens (tertiary/aromatic N) is 2. The van der Waals surface area contributed by atoms with Gasteiger partial charge in [-0.05, 0) is 42.3 Å². The molecule has 1 amide bonds. The number of rotatable bonds is 5. The molecule has 5 nitrogen and oxygen atoms in total. The SMILES string of the molecule is O=C(Cn1cnc2ccc(Cl)cc2c1=O)NCCc1cccc(Cl)c1. The second kappa shape index (κ2) is 7.68. The van der Waals surface area contributed by atoms with Crippen molar-refractivity contribution in [2.45, 2.75) is 13.0 Å². The summed E-state index contributed by atoms with van der Waals surface area (Å²) in [5.74, 6) is -0.257. The monoisotopic (exact) mass is 375 g/mol. The van der Waals surface area contributed by atoms with E-state index in [4.69, 9.17) is 23.2 Å². The van der Waals surface area contributed by atoms with Crippen molar-refractivity contribution >= 4 is 40.0 Å². The second-order valence-corrected chi connectivity index (χ2v) is 6.44. The van der Waals surface area contributed by atoms with E-state index in [0.29, 0.717) is 33.9 Å². The van der Waals surface area contributed by atoms with Crippen molar-refractivity contribution < 1.29 is 4.79 Å². The summed E-state index contributed by atoms with van der Waals surface area (Å²) in [6.45, 7) is 0.366. The molecule has 0 unspecified atom stereocenters. The van der Waals surface area contributed by atoms with Gasteiger partial charge < -0.3 is 5.32 Å². The van der Waals surface area contributed by atoms with E-state index in [-0.39, 0.29) is 18.0 Å². The molecule has 2 aromatic carbocycles. The van der Waals surface area contributed by atoms with Crippen LogP contribution in [0.15, 0.2) is 53.6 Å². The van der Waals surface area contributed by atoms with Crippen molar-refractivity contribution in [3.8, 4) is 0 Å². The van der Waals surface area contributed by atoms with Crippen LogP contribution in [0.5, 0.6) is 0 Å². The number of hydrogen-bond donors (Lipinski definition) is 1. The van der Waals surface area contributed by atoms with Gasteiger partial charge in [0.05, 0.1) is 17.2 Å². The Balaban J connectivity index is 1.64. The summed E-state index contributed by atoms with van der Waals surface area (Å²) in [5.41, 5.74) is 1.29. The number of aromatic nitrogens is 2. The fraction of sp³-hybridized carbons (Fsp3) is 0.167. The van der Waals surface area contributed by atoms with E-state index in [0.717, 1.165) is 5.56 Å². The molecule has 0 aliphatic heterocycles. The van der Waals surface area contributed by atoms with Gasteiger partial charge in [-0.25, -0.2) is 4.98 Å². The molecule has 0 spiro atoms. The topological polar surface area (TPSA) is 64.0 Å². The molecule has 0 saturated heterocycles. The number of fused-ring (bicyclic) bond motifs is 1. The highest BCUT2D eigenvalue weighted by atomic mass is 35.5. The standard InChI is InChI=1S/C18H15Cl2N3O2/c19-13-3-1-2-12(8-13)6-7-21-17(24)10-23-11-22-16-5-4-14(20)9-15(16)18(23)25/h1-5,8-9,11H,6-7,10H2,(H,21,24). The molecule has 0 aliphatic carbocycles. The molecule has 3 aromatic rings. The van der Waals surface area contributed by atoms with E-state index in [1.807, 2.05) is 18.2 Å². The lowest BCUT2D eigenvalue weighted by Crippen LogP contribution is -2.33. The zero-order valence-electron chi connectivity index (χ0n) is 13.2. The summed E-state index contributed by atoms with van der Waals surface area (Å²) in [6.07, 6.45) is 2.03. The van der Waals surface area contributed by atoms with Crippen LogP contribution in [0, 0.1) is 0 Å². The summed E-state index contributed by atoms with van der Waals surface area (Å²) < 4.78 is 1.27. The van der Waals surface area contributed by atoms with Crippen LogP contribution in [0.25, 0.3) is 10.9 Å². The highest BCUT2D eigenvalue weighted by molar-refractivity contribution is 6.31. The van der Waals surface area contributed by atoms with E-state index in [9.17, 15) is 9.59 Å². The molecule has 0 aliphatic rings. The second-order valence-electron chi connectivity index (χ2n) is 5.57. The Morgan fingerprint density at radius 2 is 1.92 bits per heavy atom. The average molecular weight is 376 g/mol. The van der Waals surface area contributed by atoms with Crippen molar-refractivity contribution in [1.29, 1.82) is 0 Å². The van der Waals surface area contributed by atoms with Crippen LogP contribution >= 0.6 is 23.2 Å². The number of nitrogens with one attached hydrogen (secondary N) is 1. The Hall–Kier alpha value is -2.37. The maximum absolute atomic E-state index is 12.4. The maximum Gasteiger partial charge on any atom is 0.261 e. The van der Waals surface area contributed by atoms with Gasteiger partial charge in [0.1, 0.15) is 6.54 Å². The lowest BCUT2D eigenvalue weighted by atomic mass is 10.1. The average Bonchev–Trinajstić information content (AvgIpc) is 2.58. The largest absolute Gasteiger partial charge is 0.354 e. The first-order chi connectivity index (χ1) is 12.0. The van der Waals surface area contributed by atoms with Crippen molar-refractivity contribution in [3.63, 3.8) is 0 Å². The molecule has 7 heteroatoms. The molecule has 0 atom stereocenters. The first kappa shape index (κ1) is 17.5. The molecule has 0 radical (unpaired) electrons. The van der Waals surface area contributed by atoms with Gasteiger partial charge in [0.15, 0.2) is 0 Å². The zero-order chi connectivity index (χ0) is 17.8. The van der Waals surface area contributed by atoms with Gasteiger partial charge in [-0.15, -0.1) is 0 Å². The normalized spacial score (nSPS) is 10.8. The fourth-order valence-corrected chi connectivity index (χ4v) is 2.88. The fourth-order valence-electron chi connectivity index (χ4n) is 2.49. The minimum atomic E-state index is -0.294. The molecule has 128 valence electrons. The number of benzene rings is 2. The lowest BCUT2D eigenvalue weighted by Gasteiger charge is -2.08. The number of amides is 1. The van der Waals surface area contributed by atoms with E-state index in [2.05, 4.69) is 10.3 Å². The maximum atomic E-state index is 12.4. The van der Waals surface area contributed by atoms with Crippen molar-refractivity contribution in [2.75, 3.05) is 6.54 Å². The Labute approximate surface area is 154 Å². The molecule has 0 fully saturated rings. The third kappa shape index (κ3) is 4.38. The Morgan fingerprint density at radius 3 is 2.72 bits per heavy atom. The Morgan fingerprint density at radius 1 is 1.12 bits per heavy atom. The molecule has 3 rings (SSSR count). The van der Waals surface area contributed by atoms with Gasteiger partial charge in [-0.1, -0.05) is 35.3 Å². The summed E-state index contributed by atoms with van der Waals surface area (Å²) in [4.78, 5) is 28.7. The minimum Gasteiger partial charge on any atom is -0.354 e. The van der Waals surface area contributed by atoms with Crippen LogP contribution in [0.2, 0.25) is 10.0 Å². The Bertz CT molecular complexity index is 985. The predicted octanol–water partition coefficient (Wildman–Crippen LogP) is 3.06. The molecular formula is C18H15Cl2N3O2. The molecule has 0 saturated carbocycles. The van der Waals surface area contributed by atoms with Crippen LogP contribution in [-0.2, 0) is 17.8 Å². The summed E-state index contributed by atoms with van der Waals surface area (Å²) in [7, 11) is 0. The molecular weight excluding hydrogens is 361 g/mol. The van der Waals surface area contributed by atoms with E-state index in [1.54, 1.807) is 24.3 Å². The highest BCUT2D eigenvalue weighted by Gasteiger charge is 2.08. The molecule has 1 N–H and O–H groups in total. The van der Waals surface area contributed by atoms with Gasteiger partial charge in [0, 0.05) is 16.6 Å². The van der Waals surface area contributed by atoms with Crippen molar-refractivity contribution in [3.05, 3.63) is 74.8 Å². The number of carbonyl (C=O) groups is 1. The van der Waals surface area contributed by atoms with Crippen LogP contribution in [0.1, 0.15) is 5.56 Å². The summed E-state index contributed by atoms with van der Waals surface area (Å²) >= 11 is 11.9. The van der Waals surface area contributed by atoms with Gasteiger partial charge in [-0.3, -0.25) is 14.2 Å². The molecule has 1 heterocycles. The first-order valence-electron chi connectivity index (χ1n) is 7.69. The van der Waals surface area contributed by atoms with Gasteiger partial charge in [-0.2, -0.15) is 0 Å². The molecule has 0 bridgehead atoms. The predicted molar refractivity (Wildman–Crippen MR) is 99.2 cm³/mol. The number of carbonyl (C=O) groups excluding carboxylic acids is 1. The van der Waals surface area contributed by atoms with Gasteiger partial charge in [0.2, 0.25) is 5.91 Å². The van der Waals surface area contributed by atoms with Crippen LogP contribution in [-0.4, -0.2) is 22.0 Å². The number of hydrogen-bond acceptors (Lipinski definition) is 3. The molecule has 1 aromatic heterocycles. The molecule has 25 heavy (non-hydrogen) atoms. The quantitative estimate of drug-likeness (QED) is 0.745. The lowest BCUT2D eigenvalue weighted by molar-refractivity contribution is -0.121. The van der Waals surface area contributed by atoms with Crippen molar-refractivity contribution in [1.82, 2.24) is 14.9 Å². The van der Waals surface area contributed by atoms with Crippen LogP contribution in [0.4, 0.5) is 0 Å². The number of halogens is 2. The minimum absolute atomic E-state index is 0.0934. The first-order valence-corrected chi connectivity index (χ1v) is 8.44. The third-order valence-corrected chi connectivity index (χ3v) is 4.20. The highest BCUT2D eigenvalue weighted by Crippen LogP contribution is 2.14. The summed E-state index contributed by atoms with van der Waals surface area (Å²) in [5, 5.41) is 4.30. The zero-order valence-corrected chi connectivity index (χ0v) is 14.7. The summed E-state index contributed by atoms with van der Waals surface area (Å²) in [6, 6.07) is 12.4. The van der Waals surface area contributed by atoms with Gasteiger partial charge in [0.25, 0.3) is 5.56 Å². The van der Waals surface area contributed by atoms with Crippen molar-refractivity contribution in [2.24, 2.45) is 0 Å². The van der Waals surface area contributed by atoms with Gasteiger partial charge >= 0.3 is 0 Å². The van der Waals surface area contributed by atoms with E-state index in [1.165, 1.54) is 10.9 Å². The van der Waals surface area contributed by atoms with Crippen LogP contribution in [0.3, 0.4) is 0 Å². The Kier molecular flexibility index (Phi) is 5.36.